The van der Waals surface area contributed by atoms with Gasteiger partial charge in [-0.05, 0) is 58.7 Å². The SMILES string of the molecule is CN(C(=O)OC1CCC(NC(N)=S)CC1)C(C)(C)C. The standard InChI is InChI=1S/C13H25N3O2S/c1-13(2,3)16(4)12(17)18-10-7-5-9(6-8-10)15-11(14)19/h9-10H,5-8H2,1-4H3,(H3,14,15,19). The van der Waals surface area contributed by atoms with Crippen LogP contribution in [0, 0.1) is 0 Å². The van der Waals surface area contributed by atoms with E-state index in [1.807, 2.05) is 20.8 Å². The number of nitrogens with one attached hydrogen (secondary N) is 1. The summed E-state index contributed by atoms with van der Waals surface area (Å²) >= 11 is 4.83. The fourth-order valence-corrected chi connectivity index (χ4v) is 2.19. The third-order valence-electron chi connectivity index (χ3n) is 3.57. The largest absolute Gasteiger partial charge is 0.446 e. The molecule has 0 aromatic carbocycles. The van der Waals surface area contributed by atoms with Crippen molar-refractivity contribution < 1.29 is 9.53 Å². The summed E-state index contributed by atoms with van der Waals surface area (Å²) in [5.41, 5.74) is 5.23. The highest BCUT2D eigenvalue weighted by atomic mass is 32.1. The van der Waals surface area contributed by atoms with E-state index < -0.39 is 0 Å². The Morgan fingerprint density at radius 1 is 1.32 bits per heavy atom. The first-order chi connectivity index (χ1) is 8.70. The van der Waals surface area contributed by atoms with E-state index in [-0.39, 0.29) is 17.7 Å². The molecule has 0 spiro atoms. The van der Waals surface area contributed by atoms with Crippen LogP contribution < -0.4 is 11.1 Å². The summed E-state index contributed by atoms with van der Waals surface area (Å²) in [5.74, 6) is 0. The van der Waals surface area contributed by atoms with Crippen molar-refractivity contribution in [1.82, 2.24) is 10.2 Å². The van der Waals surface area contributed by atoms with Crippen LogP contribution in [0.5, 0.6) is 0 Å². The number of nitrogens with two attached hydrogens (primary N) is 1. The summed E-state index contributed by atoms with van der Waals surface area (Å²) in [4.78, 5) is 13.6. The van der Waals surface area contributed by atoms with Gasteiger partial charge in [0, 0.05) is 18.6 Å². The van der Waals surface area contributed by atoms with Crippen LogP contribution in [-0.4, -0.2) is 40.8 Å². The monoisotopic (exact) mass is 287 g/mol. The van der Waals surface area contributed by atoms with Gasteiger partial charge in [0.25, 0.3) is 0 Å². The molecule has 0 radical (unpaired) electrons. The molecule has 0 atom stereocenters. The smallest absolute Gasteiger partial charge is 0.410 e. The maximum Gasteiger partial charge on any atom is 0.410 e. The van der Waals surface area contributed by atoms with Crippen molar-refractivity contribution in [3.8, 4) is 0 Å². The van der Waals surface area contributed by atoms with E-state index >= 15 is 0 Å². The number of thiocarbonyl (C=S) groups is 1. The molecule has 3 N–H and O–H groups in total. The van der Waals surface area contributed by atoms with E-state index in [1.54, 1.807) is 11.9 Å². The van der Waals surface area contributed by atoms with Crippen LogP contribution in [0.4, 0.5) is 4.79 Å². The van der Waals surface area contributed by atoms with Gasteiger partial charge in [0.1, 0.15) is 6.10 Å². The summed E-state index contributed by atoms with van der Waals surface area (Å²) in [6.45, 7) is 5.95. The number of rotatable bonds is 2. The van der Waals surface area contributed by atoms with Crippen LogP contribution in [-0.2, 0) is 4.74 Å². The van der Waals surface area contributed by atoms with Gasteiger partial charge in [-0.3, -0.25) is 0 Å². The lowest BCUT2D eigenvalue weighted by Crippen LogP contribution is -2.45. The first-order valence-corrected chi connectivity index (χ1v) is 7.11. The highest BCUT2D eigenvalue weighted by Crippen LogP contribution is 2.23. The summed E-state index contributed by atoms with van der Waals surface area (Å²) in [7, 11) is 1.77. The van der Waals surface area contributed by atoms with Gasteiger partial charge in [0.05, 0.1) is 0 Å². The molecule has 1 rings (SSSR count). The molecule has 1 aliphatic carbocycles. The van der Waals surface area contributed by atoms with Crippen LogP contribution in [0.3, 0.4) is 0 Å². The van der Waals surface area contributed by atoms with Gasteiger partial charge in [-0.25, -0.2) is 4.79 Å². The van der Waals surface area contributed by atoms with Gasteiger partial charge in [-0.15, -0.1) is 0 Å². The second-order valence-electron chi connectivity index (χ2n) is 6.10. The van der Waals surface area contributed by atoms with E-state index in [1.165, 1.54) is 0 Å². The third-order valence-corrected chi connectivity index (χ3v) is 3.69. The van der Waals surface area contributed by atoms with E-state index in [0.29, 0.717) is 11.2 Å². The minimum atomic E-state index is -0.252. The zero-order chi connectivity index (χ0) is 14.6. The first-order valence-electron chi connectivity index (χ1n) is 6.70. The molecule has 1 fully saturated rings. The molecule has 1 aliphatic rings. The molecule has 0 unspecified atom stereocenters. The topological polar surface area (TPSA) is 67.6 Å². The van der Waals surface area contributed by atoms with Gasteiger partial charge >= 0.3 is 6.09 Å². The normalized spacial score (nSPS) is 23.6. The number of hydrogen-bond donors (Lipinski definition) is 2. The van der Waals surface area contributed by atoms with Crippen molar-refractivity contribution in [2.45, 2.75) is 64.1 Å². The molecule has 6 heteroatoms. The maximum atomic E-state index is 12.0. The molecule has 110 valence electrons. The summed E-state index contributed by atoms with van der Waals surface area (Å²) in [6.07, 6.45) is 3.30. The highest BCUT2D eigenvalue weighted by Gasteiger charge is 2.28. The second kappa shape index (κ2) is 6.41. The van der Waals surface area contributed by atoms with Crippen LogP contribution in [0.15, 0.2) is 0 Å². The molecule has 0 aromatic rings. The number of hydrogen-bond acceptors (Lipinski definition) is 3. The Morgan fingerprint density at radius 3 is 2.26 bits per heavy atom. The molecular weight excluding hydrogens is 262 g/mol. The van der Waals surface area contributed by atoms with Crippen molar-refractivity contribution in [1.29, 1.82) is 0 Å². The number of amides is 1. The Kier molecular flexibility index (Phi) is 5.40. The summed E-state index contributed by atoms with van der Waals surface area (Å²) in [5, 5.41) is 3.40. The Morgan fingerprint density at radius 2 is 1.84 bits per heavy atom. The average molecular weight is 287 g/mol. The van der Waals surface area contributed by atoms with Gasteiger partial charge in [0.2, 0.25) is 0 Å². The number of ether oxygens (including phenoxy) is 1. The van der Waals surface area contributed by atoms with E-state index in [2.05, 4.69) is 5.32 Å². The minimum Gasteiger partial charge on any atom is -0.446 e. The number of carbonyl (C=O) groups excluding carboxylic acids is 1. The van der Waals surface area contributed by atoms with Crippen molar-refractivity contribution in [3.05, 3.63) is 0 Å². The zero-order valence-electron chi connectivity index (χ0n) is 12.2. The van der Waals surface area contributed by atoms with E-state index in [9.17, 15) is 4.79 Å². The molecule has 5 nitrogen and oxygen atoms in total. The molecule has 1 amide bonds. The number of nitrogens with zero attached hydrogens (tertiary/aromatic N) is 1. The fourth-order valence-electron chi connectivity index (χ4n) is 2.02. The minimum absolute atomic E-state index is 0.00157. The van der Waals surface area contributed by atoms with E-state index in [0.717, 1.165) is 25.7 Å². The lowest BCUT2D eigenvalue weighted by atomic mass is 9.93. The molecular formula is C13H25N3O2S. The van der Waals surface area contributed by atoms with E-state index in [4.69, 9.17) is 22.7 Å². The average Bonchev–Trinajstić information content (AvgIpc) is 2.28. The number of carbonyl (C=O) groups is 1. The fraction of sp³-hybridized carbons (Fsp3) is 0.846. The first kappa shape index (κ1) is 16.0. The van der Waals surface area contributed by atoms with Crippen molar-refractivity contribution >= 4 is 23.4 Å². The quantitative estimate of drug-likeness (QED) is 0.760. The zero-order valence-corrected chi connectivity index (χ0v) is 13.0. The Labute approximate surface area is 120 Å². The van der Waals surface area contributed by atoms with Crippen LogP contribution >= 0.6 is 12.2 Å². The second-order valence-corrected chi connectivity index (χ2v) is 6.54. The van der Waals surface area contributed by atoms with Gasteiger partial charge in [0.15, 0.2) is 5.11 Å². The lowest BCUT2D eigenvalue weighted by Gasteiger charge is -2.34. The van der Waals surface area contributed by atoms with Gasteiger partial charge in [-0.1, -0.05) is 0 Å². The molecule has 0 bridgehead atoms. The predicted molar refractivity (Wildman–Crippen MR) is 80.0 cm³/mol. The predicted octanol–water partition coefficient (Wildman–Crippen LogP) is 2.00. The molecule has 0 aliphatic heterocycles. The van der Waals surface area contributed by atoms with Crippen molar-refractivity contribution in [2.75, 3.05) is 7.05 Å². The van der Waals surface area contributed by atoms with Crippen molar-refractivity contribution in [3.63, 3.8) is 0 Å². The maximum absolute atomic E-state index is 12.0. The Hall–Kier alpha value is -1.04. The molecule has 0 aromatic heterocycles. The molecule has 1 saturated carbocycles. The molecule has 19 heavy (non-hydrogen) atoms. The molecule has 0 heterocycles. The van der Waals surface area contributed by atoms with Gasteiger partial charge in [-0.2, -0.15) is 0 Å². The lowest BCUT2D eigenvalue weighted by molar-refractivity contribution is 0.0302. The van der Waals surface area contributed by atoms with Gasteiger partial charge < -0.3 is 20.7 Å². The van der Waals surface area contributed by atoms with Crippen LogP contribution in [0.25, 0.3) is 0 Å². The molecule has 0 saturated heterocycles. The Balaban J connectivity index is 2.37. The highest BCUT2D eigenvalue weighted by molar-refractivity contribution is 7.80. The summed E-state index contributed by atoms with van der Waals surface area (Å²) < 4.78 is 5.53. The Bertz CT molecular complexity index is 333. The summed E-state index contributed by atoms with van der Waals surface area (Å²) in [6, 6.07) is 0.313. The van der Waals surface area contributed by atoms with Crippen LogP contribution in [0.2, 0.25) is 0 Å². The third kappa shape index (κ3) is 5.22. The van der Waals surface area contributed by atoms with Crippen molar-refractivity contribution in [2.24, 2.45) is 5.73 Å². The van der Waals surface area contributed by atoms with Crippen LogP contribution in [0.1, 0.15) is 46.5 Å².